The zero-order chi connectivity index (χ0) is 11.5. The van der Waals surface area contributed by atoms with Crippen molar-refractivity contribution in [3.8, 4) is 0 Å². The molecular weight excluding hydrogens is 206 g/mol. The SMILES string of the molecule is O=C1COCC(=O)N1C(CO)(CO)CO. The number of morpholine rings is 1. The molecule has 0 aromatic heterocycles. The number of ether oxygens (including phenoxy) is 1. The van der Waals surface area contributed by atoms with Gasteiger partial charge in [-0.05, 0) is 0 Å². The van der Waals surface area contributed by atoms with Crippen LogP contribution in [0.1, 0.15) is 0 Å². The molecule has 3 N–H and O–H groups in total. The Kier molecular flexibility index (Phi) is 3.75. The number of aliphatic hydroxyl groups excluding tert-OH is 3. The molecule has 86 valence electrons. The van der Waals surface area contributed by atoms with Gasteiger partial charge in [-0.1, -0.05) is 0 Å². The van der Waals surface area contributed by atoms with Gasteiger partial charge in [0.1, 0.15) is 18.8 Å². The lowest BCUT2D eigenvalue weighted by atomic mass is 9.99. The molecule has 0 aliphatic carbocycles. The van der Waals surface area contributed by atoms with Crippen molar-refractivity contribution in [1.29, 1.82) is 0 Å². The van der Waals surface area contributed by atoms with E-state index in [1.807, 2.05) is 0 Å². The zero-order valence-corrected chi connectivity index (χ0v) is 8.05. The second kappa shape index (κ2) is 4.67. The minimum Gasteiger partial charge on any atom is -0.394 e. The third-order valence-corrected chi connectivity index (χ3v) is 2.31. The molecule has 0 bridgehead atoms. The van der Waals surface area contributed by atoms with E-state index in [0.29, 0.717) is 4.90 Å². The summed E-state index contributed by atoms with van der Waals surface area (Å²) in [5, 5.41) is 27.2. The highest BCUT2D eigenvalue weighted by Gasteiger charge is 2.44. The topological polar surface area (TPSA) is 107 Å². The van der Waals surface area contributed by atoms with Gasteiger partial charge in [-0.25, -0.2) is 0 Å². The molecule has 0 atom stereocenters. The van der Waals surface area contributed by atoms with E-state index in [4.69, 9.17) is 15.3 Å². The summed E-state index contributed by atoms with van der Waals surface area (Å²) in [5.41, 5.74) is -1.64. The molecule has 15 heavy (non-hydrogen) atoms. The summed E-state index contributed by atoms with van der Waals surface area (Å²) in [6, 6.07) is 0. The van der Waals surface area contributed by atoms with Crippen LogP contribution in [0.2, 0.25) is 0 Å². The first-order chi connectivity index (χ1) is 7.11. The second-order valence-corrected chi connectivity index (χ2v) is 3.31. The molecule has 0 unspecified atom stereocenters. The molecule has 0 spiro atoms. The Bertz CT molecular complexity index is 238. The number of rotatable bonds is 4. The van der Waals surface area contributed by atoms with Gasteiger partial charge in [0.05, 0.1) is 19.8 Å². The van der Waals surface area contributed by atoms with Gasteiger partial charge < -0.3 is 20.1 Å². The smallest absolute Gasteiger partial charge is 0.256 e. The fourth-order valence-corrected chi connectivity index (χ4v) is 1.39. The highest BCUT2D eigenvalue weighted by molar-refractivity contribution is 5.99. The van der Waals surface area contributed by atoms with Gasteiger partial charge in [-0.3, -0.25) is 14.5 Å². The quantitative estimate of drug-likeness (QED) is 0.437. The molecular formula is C8H13NO6. The van der Waals surface area contributed by atoms with Crippen LogP contribution in [-0.2, 0) is 14.3 Å². The lowest BCUT2D eigenvalue weighted by molar-refractivity contribution is -0.174. The van der Waals surface area contributed by atoms with Crippen molar-refractivity contribution in [2.45, 2.75) is 5.54 Å². The lowest BCUT2D eigenvalue weighted by Gasteiger charge is -2.40. The maximum Gasteiger partial charge on any atom is 0.256 e. The number of amides is 2. The number of carbonyl (C=O) groups is 2. The third kappa shape index (κ3) is 2.00. The number of nitrogens with zero attached hydrogens (tertiary/aromatic N) is 1. The molecule has 1 fully saturated rings. The average molecular weight is 219 g/mol. The first-order valence-electron chi connectivity index (χ1n) is 4.37. The minimum absolute atomic E-state index is 0.298. The van der Waals surface area contributed by atoms with Gasteiger partial charge in [-0.2, -0.15) is 0 Å². The van der Waals surface area contributed by atoms with Gasteiger partial charge in [-0.15, -0.1) is 0 Å². The van der Waals surface area contributed by atoms with E-state index in [1.165, 1.54) is 0 Å². The Morgan fingerprint density at radius 1 is 1.07 bits per heavy atom. The Morgan fingerprint density at radius 3 is 1.80 bits per heavy atom. The van der Waals surface area contributed by atoms with E-state index in [9.17, 15) is 9.59 Å². The van der Waals surface area contributed by atoms with E-state index in [0.717, 1.165) is 0 Å². The predicted molar refractivity (Wildman–Crippen MR) is 46.7 cm³/mol. The minimum atomic E-state index is -1.64. The van der Waals surface area contributed by atoms with Crippen LogP contribution in [0.15, 0.2) is 0 Å². The maximum atomic E-state index is 11.4. The molecule has 0 aromatic rings. The summed E-state index contributed by atoms with van der Waals surface area (Å²) >= 11 is 0. The summed E-state index contributed by atoms with van der Waals surface area (Å²) in [6.07, 6.45) is 0. The van der Waals surface area contributed by atoms with Crippen LogP contribution in [0.25, 0.3) is 0 Å². The first kappa shape index (κ1) is 12.1. The zero-order valence-electron chi connectivity index (χ0n) is 8.05. The van der Waals surface area contributed by atoms with E-state index in [2.05, 4.69) is 4.74 Å². The van der Waals surface area contributed by atoms with Crippen LogP contribution in [0.3, 0.4) is 0 Å². The summed E-state index contributed by atoms with van der Waals surface area (Å²) in [5.74, 6) is -1.35. The van der Waals surface area contributed by atoms with Crippen LogP contribution < -0.4 is 0 Å². The molecule has 7 nitrogen and oxygen atoms in total. The normalized spacial score (nSPS) is 18.5. The van der Waals surface area contributed by atoms with Gasteiger partial charge in [0.2, 0.25) is 0 Å². The Hall–Kier alpha value is -1.02. The largest absolute Gasteiger partial charge is 0.394 e. The Balaban J connectivity index is 2.98. The Labute approximate surface area is 85.9 Å². The predicted octanol–water partition coefficient (Wildman–Crippen LogP) is -2.91. The van der Waals surface area contributed by atoms with Crippen molar-refractivity contribution in [1.82, 2.24) is 4.90 Å². The maximum absolute atomic E-state index is 11.4. The third-order valence-electron chi connectivity index (χ3n) is 2.31. The molecule has 7 heteroatoms. The summed E-state index contributed by atoms with van der Waals surface area (Å²) in [6.45, 7) is -2.69. The average Bonchev–Trinajstić information content (AvgIpc) is 2.24. The van der Waals surface area contributed by atoms with Gasteiger partial charge >= 0.3 is 0 Å². The summed E-state index contributed by atoms with van der Waals surface area (Å²) in [4.78, 5) is 23.4. The molecule has 1 aliphatic rings. The van der Waals surface area contributed by atoms with Crippen LogP contribution >= 0.6 is 0 Å². The van der Waals surface area contributed by atoms with Crippen LogP contribution in [0.4, 0.5) is 0 Å². The van der Waals surface area contributed by atoms with Gasteiger partial charge in [0.25, 0.3) is 11.8 Å². The van der Waals surface area contributed by atoms with Crippen molar-refractivity contribution in [3.63, 3.8) is 0 Å². The van der Waals surface area contributed by atoms with E-state index < -0.39 is 37.2 Å². The van der Waals surface area contributed by atoms with E-state index in [-0.39, 0.29) is 13.2 Å². The van der Waals surface area contributed by atoms with E-state index in [1.54, 1.807) is 0 Å². The molecule has 1 aliphatic heterocycles. The Morgan fingerprint density at radius 2 is 1.47 bits per heavy atom. The number of hydrogen-bond donors (Lipinski definition) is 3. The van der Waals surface area contributed by atoms with Crippen molar-refractivity contribution >= 4 is 11.8 Å². The van der Waals surface area contributed by atoms with Gasteiger partial charge in [0.15, 0.2) is 0 Å². The molecule has 1 heterocycles. The molecule has 0 radical (unpaired) electrons. The number of aliphatic hydroxyl groups is 3. The second-order valence-electron chi connectivity index (χ2n) is 3.31. The first-order valence-corrected chi connectivity index (χ1v) is 4.37. The fourth-order valence-electron chi connectivity index (χ4n) is 1.39. The lowest BCUT2D eigenvalue weighted by Crippen LogP contribution is -2.64. The summed E-state index contributed by atoms with van der Waals surface area (Å²) in [7, 11) is 0. The highest BCUT2D eigenvalue weighted by atomic mass is 16.5. The molecule has 1 saturated heterocycles. The highest BCUT2D eigenvalue weighted by Crippen LogP contribution is 2.17. The summed E-state index contributed by atoms with van der Waals surface area (Å²) < 4.78 is 4.67. The number of hydrogen-bond acceptors (Lipinski definition) is 6. The van der Waals surface area contributed by atoms with Crippen molar-refractivity contribution < 1.29 is 29.6 Å². The van der Waals surface area contributed by atoms with Crippen molar-refractivity contribution in [2.75, 3.05) is 33.0 Å². The van der Waals surface area contributed by atoms with Crippen LogP contribution in [0.5, 0.6) is 0 Å². The van der Waals surface area contributed by atoms with Crippen molar-refractivity contribution in [2.24, 2.45) is 0 Å². The monoisotopic (exact) mass is 219 g/mol. The van der Waals surface area contributed by atoms with Crippen molar-refractivity contribution in [3.05, 3.63) is 0 Å². The fraction of sp³-hybridized carbons (Fsp3) is 0.750. The van der Waals surface area contributed by atoms with E-state index >= 15 is 0 Å². The van der Waals surface area contributed by atoms with Crippen LogP contribution in [0, 0.1) is 0 Å². The molecule has 0 aromatic carbocycles. The number of carbonyl (C=O) groups excluding carboxylic acids is 2. The standard InChI is InChI=1S/C8H13NO6/c10-3-8(4-11,5-12)9-6(13)1-15-2-7(9)14/h10-12H,1-5H2. The molecule has 1 rings (SSSR count). The molecule has 0 saturated carbocycles. The molecule has 2 amide bonds. The van der Waals surface area contributed by atoms with Gasteiger partial charge in [0, 0.05) is 0 Å². The van der Waals surface area contributed by atoms with Crippen LogP contribution in [-0.4, -0.2) is 70.6 Å². The number of imide groups is 1.